The van der Waals surface area contributed by atoms with Crippen molar-refractivity contribution >= 4 is 21.6 Å². The quantitative estimate of drug-likeness (QED) is 0.551. The van der Waals surface area contributed by atoms with E-state index in [-0.39, 0.29) is 5.03 Å². The van der Waals surface area contributed by atoms with Crippen LogP contribution in [0, 0.1) is 0 Å². The van der Waals surface area contributed by atoms with Crippen molar-refractivity contribution in [1.82, 2.24) is 14.3 Å². The van der Waals surface area contributed by atoms with E-state index >= 15 is 0 Å². The molecule has 17 heavy (non-hydrogen) atoms. The summed E-state index contributed by atoms with van der Waals surface area (Å²) in [5, 5.41) is 0.0293. The molecular weight excluding hydrogens is 266 g/mol. The molecule has 0 atom stereocenters. The van der Waals surface area contributed by atoms with E-state index in [9.17, 15) is 8.42 Å². The first-order valence-corrected chi connectivity index (χ1v) is 7.19. The molecule has 1 aromatic heterocycles. The van der Waals surface area contributed by atoms with Crippen LogP contribution in [0.2, 0.25) is 0 Å². The molecule has 0 fully saturated rings. The molecule has 0 saturated heterocycles. The zero-order chi connectivity index (χ0) is 12.7. The molecule has 0 amide bonds. The van der Waals surface area contributed by atoms with Crippen LogP contribution in [0.5, 0.6) is 0 Å². The molecule has 0 unspecified atom stereocenters. The third kappa shape index (κ3) is 5.03. The number of ether oxygens (including phenoxy) is 1. The zero-order valence-electron chi connectivity index (χ0n) is 9.60. The van der Waals surface area contributed by atoms with Gasteiger partial charge in [-0.3, -0.25) is 0 Å². The van der Waals surface area contributed by atoms with E-state index in [2.05, 4.69) is 9.71 Å². The Balaban J connectivity index is 2.31. The lowest BCUT2D eigenvalue weighted by atomic mass is 10.5. The largest absolute Gasteiger partial charge is 0.380 e. The first kappa shape index (κ1) is 14.4. The first-order chi connectivity index (χ1) is 8.06. The molecule has 1 N–H and O–H groups in total. The molecule has 0 spiro atoms. The van der Waals surface area contributed by atoms with Gasteiger partial charge in [-0.05, 0) is 6.42 Å². The van der Waals surface area contributed by atoms with E-state index in [1.807, 2.05) is 0 Å². The van der Waals surface area contributed by atoms with Gasteiger partial charge >= 0.3 is 0 Å². The number of sulfonamides is 1. The van der Waals surface area contributed by atoms with Gasteiger partial charge in [-0.25, -0.2) is 18.1 Å². The van der Waals surface area contributed by atoms with E-state index in [0.717, 1.165) is 0 Å². The lowest BCUT2D eigenvalue weighted by molar-refractivity contribution is 0.147. The maximum atomic E-state index is 11.7. The average molecular weight is 282 g/mol. The van der Waals surface area contributed by atoms with Gasteiger partial charge in [0.1, 0.15) is 0 Å². The lowest BCUT2D eigenvalue weighted by Gasteiger charge is -2.04. The van der Waals surface area contributed by atoms with Gasteiger partial charge in [0.2, 0.25) is 0 Å². The highest BCUT2D eigenvalue weighted by atomic mass is 35.5. The van der Waals surface area contributed by atoms with Crippen LogP contribution < -0.4 is 4.72 Å². The summed E-state index contributed by atoms with van der Waals surface area (Å²) < 4.78 is 32.5. The van der Waals surface area contributed by atoms with Crippen molar-refractivity contribution in [2.24, 2.45) is 7.05 Å². The first-order valence-electron chi connectivity index (χ1n) is 5.17. The van der Waals surface area contributed by atoms with Gasteiger partial charge < -0.3 is 9.30 Å². The lowest BCUT2D eigenvalue weighted by Crippen LogP contribution is -2.26. The summed E-state index contributed by atoms with van der Waals surface area (Å²) in [5.74, 6) is 0.444. The summed E-state index contributed by atoms with van der Waals surface area (Å²) >= 11 is 5.42. The number of hydrogen-bond donors (Lipinski definition) is 1. The molecule has 0 bridgehead atoms. The number of nitrogens with zero attached hydrogens (tertiary/aromatic N) is 2. The Morgan fingerprint density at radius 2 is 2.29 bits per heavy atom. The second-order valence-electron chi connectivity index (χ2n) is 3.43. The Morgan fingerprint density at radius 3 is 2.88 bits per heavy atom. The topological polar surface area (TPSA) is 73.2 Å². The number of aromatic nitrogens is 2. The number of hydrogen-bond acceptors (Lipinski definition) is 4. The Bertz CT molecular complexity index is 432. The molecule has 1 rings (SSSR count). The highest BCUT2D eigenvalue weighted by Gasteiger charge is 2.15. The van der Waals surface area contributed by atoms with Crippen LogP contribution in [-0.4, -0.2) is 43.6 Å². The van der Waals surface area contributed by atoms with Crippen molar-refractivity contribution in [3.05, 3.63) is 12.5 Å². The monoisotopic (exact) mass is 281 g/mol. The van der Waals surface area contributed by atoms with Crippen LogP contribution in [0.25, 0.3) is 0 Å². The smallest absolute Gasteiger partial charge is 0.259 e. The highest BCUT2D eigenvalue weighted by molar-refractivity contribution is 7.89. The molecule has 8 heteroatoms. The van der Waals surface area contributed by atoms with Crippen molar-refractivity contribution in [3.63, 3.8) is 0 Å². The fourth-order valence-electron chi connectivity index (χ4n) is 1.14. The number of aryl methyl sites for hydroxylation is 1. The molecule has 0 saturated carbocycles. The summed E-state index contributed by atoms with van der Waals surface area (Å²) in [6.45, 7) is 1.28. The standard InChI is InChI=1S/C9H16ClN3O3S/c1-13-7-9(11-8-13)17(14,15)12-4-2-5-16-6-3-10/h7-8,12H,2-6H2,1H3. The molecule has 1 heterocycles. The number of halogens is 1. The molecule has 0 aliphatic rings. The molecule has 1 aromatic rings. The Kier molecular flexibility index (Phi) is 5.90. The minimum atomic E-state index is -3.50. The van der Waals surface area contributed by atoms with Crippen LogP contribution in [0.4, 0.5) is 0 Å². The van der Waals surface area contributed by atoms with Gasteiger partial charge in [-0.1, -0.05) is 0 Å². The zero-order valence-corrected chi connectivity index (χ0v) is 11.2. The minimum absolute atomic E-state index is 0.0293. The van der Waals surface area contributed by atoms with Gasteiger partial charge in [-0.2, -0.15) is 0 Å². The summed E-state index contributed by atoms with van der Waals surface area (Å²) in [5.41, 5.74) is 0. The van der Waals surface area contributed by atoms with Crippen molar-refractivity contribution in [2.45, 2.75) is 11.4 Å². The maximum absolute atomic E-state index is 11.7. The van der Waals surface area contributed by atoms with Crippen LogP contribution in [0.1, 0.15) is 6.42 Å². The maximum Gasteiger partial charge on any atom is 0.259 e. The minimum Gasteiger partial charge on any atom is -0.380 e. The van der Waals surface area contributed by atoms with E-state index in [1.165, 1.54) is 12.5 Å². The van der Waals surface area contributed by atoms with Crippen LogP contribution >= 0.6 is 11.6 Å². The molecule has 0 aliphatic heterocycles. The third-order valence-corrected chi connectivity index (χ3v) is 3.44. The molecule has 0 radical (unpaired) electrons. The Labute approximate surface area is 106 Å². The van der Waals surface area contributed by atoms with Gasteiger partial charge in [0.15, 0.2) is 5.03 Å². The summed E-state index contributed by atoms with van der Waals surface area (Å²) in [4.78, 5) is 3.78. The SMILES string of the molecule is Cn1cnc(S(=O)(=O)NCCCOCCCl)c1. The van der Waals surface area contributed by atoms with Crippen molar-refractivity contribution in [2.75, 3.05) is 25.6 Å². The van der Waals surface area contributed by atoms with Crippen molar-refractivity contribution in [1.29, 1.82) is 0 Å². The van der Waals surface area contributed by atoms with E-state index in [1.54, 1.807) is 11.6 Å². The number of rotatable bonds is 8. The van der Waals surface area contributed by atoms with Crippen molar-refractivity contribution in [3.8, 4) is 0 Å². The van der Waals surface area contributed by atoms with Gasteiger partial charge in [0.25, 0.3) is 10.0 Å². The van der Waals surface area contributed by atoms with E-state index < -0.39 is 10.0 Å². The Hall–Kier alpha value is -0.630. The molecule has 6 nitrogen and oxygen atoms in total. The third-order valence-electron chi connectivity index (χ3n) is 1.94. The summed E-state index contributed by atoms with van der Waals surface area (Å²) in [6, 6.07) is 0. The molecule has 0 aliphatic carbocycles. The molecule has 0 aromatic carbocycles. The predicted octanol–water partition coefficient (Wildman–Crippen LogP) is 0.344. The number of nitrogens with one attached hydrogen (secondary N) is 1. The van der Waals surface area contributed by atoms with Gasteiger partial charge in [0, 0.05) is 32.3 Å². The number of imidazole rings is 1. The van der Waals surface area contributed by atoms with Gasteiger partial charge in [0.05, 0.1) is 12.9 Å². The average Bonchev–Trinajstić information content (AvgIpc) is 2.71. The highest BCUT2D eigenvalue weighted by Crippen LogP contribution is 2.03. The Morgan fingerprint density at radius 1 is 1.53 bits per heavy atom. The normalized spacial score (nSPS) is 11.9. The summed E-state index contributed by atoms with van der Waals surface area (Å²) in [7, 11) is -1.78. The fraction of sp³-hybridized carbons (Fsp3) is 0.667. The van der Waals surface area contributed by atoms with Crippen LogP contribution in [0.15, 0.2) is 17.6 Å². The van der Waals surface area contributed by atoms with Crippen LogP contribution in [0.3, 0.4) is 0 Å². The van der Waals surface area contributed by atoms with Crippen molar-refractivity contribution < 1.29 is 13.2 Å². The van der Waals surface area contributed by atoms with Gasteiger partial charge in [-0.15, -0.1) is 11.6 Å². The molecular formula is C9H16ClN3O3S. The van der Waals surface area contributed by atoms with E-state index in [0.29, 0.717) is 32.1 Å². The predicted molar refractivity (Wildman–Crippen MR) is 64.6 cm³/mol. The van der Waals surface area contributed by atoms with E-state index in [4.69, 9.17) is 16.3 Å². The fourth-order valence-corrected chi connectivity index (χ4v) is 2.30. The summed E-state index contributed by atoms with van der Waals surface area (Å²) in [6.07, 6.45) is 3.49. The molecule has 98 valence electrons. The second-order valence-corrected chi connectivity index (χ2v) is 5.52. The second kappa shape index (κ2) is 6.95. The van der Waals surface area contributed by atoms with Crippen LogP contribution in [-0.2, 0) is 21.8 Å². The number of alkyl halides is 1.